The number of fused-ring (bicyclic) bond motifs is 1. The quantitative estimate of drug-likeness (QED) is 0.853. The number of alkyl halides is 1. The van der Waals surface area contributed by atoms with Gasteiger partial charge in [-0.2, -0.15) is 8.75 Å². The third kappa shape index (κ3) is 2.79. The Labute approximate surface area is 129 Å². The number of nitrogens with zero attached hydrogens (tertiary/aromatic N) is 2. The van der Waals surface area contributed by atoms with E-state index in [-0.39, 0.29) is 11.8 Å². The molecule has 1 aromatic heterocycles. The number of carbonyl (C=O) groups is 1. The highest BCUT2D eigenvalue weighted by atomic mass is 35.5. The van der Waals surface area contributed by atoms with Crippen molar-refractivity contribution in [3.05, 3.63) is 16.1 Å². The van der Waals surface area contributed by atoms with Crippen molar-refractivity contribution < 1.29 is 4.79 Å². The van der Waals surface area contributed by atoms with Crippen molar-refractivity contribution in [2.45, 2.75) is 13.8 Å². The van der Waals surface area contributed by atoms with Gasteiger partial charge in [-0.1, -0.05) is 23.2 Å². The zero-order valence-electron chi connectivity index (χ0n) is 10.1. The van der Waals surface area contributed by atoms with E-state index in [2.05, 4.69) is 14.1 Å². The maximum atomic E-state index is 12.1. The average Bonchev–Trinajstić information content (AvgIpc) is 2.83. The van der Waals surface area contributed by atoms with Gasteiger partial charge in [-0.3, -0.25) is 4.79 Å². The van der Waals surface area contributed by atoms with Crippen LogP contribution in [0.25, 0.3) is 11.0 Å². The maximum Gasteiger partial charge on any atom is 0.231 e. The van der Waals surface area contributed by atoms with E-state index < -0.39 is 5.41 Å². The van der Waals surface area contributed by atoms with E-state index in [0.717, 1.165) is 11.7 Å². The van der Waals surface area contributed by atoms with E-state index in [4.69, 9.17) is 34.8 Å². The number of benzene rings is 1. The topological polar surface area (TPSA) is 54.9 Å². The van der Waals surface area contributed by atoms with Crippen molar-refractivity contribution in [2.75, 3.05) is 11.2 Å². The number of hydrogen-bond acceptors (Lipinski definition) is 4. The Morgan fingerprint density at radius 2 is 1.95 bits per heavy atom. The average molecular weight is 339 g/mol. The van der Waals surface area contributed by atoms with Crippen molar-refractivity contribution in [3.8, 4) is 0 Å². The summed E-state index contributed by atoms with van der Waals surface area (Å²) in [6.45, 7) is 3.49. The van der Waals surface area contributed by atoms with Crippen molar-refractivity contribution in [1.82, 2.24) is 8.75 Å². The summed E-state index contributed by atoms with van der Waals surface area (Å²) in [6, 6.07) is 1.54. The number of rotatable bonds is 3. The molecule has 0 atom stereocenters. The second kappa shape index (κ2) is 5.40. The van der Waals surface area contributed by atoms with Crippen LogP contribution in [0.3, 0.4) is 0 Å². The summed E-state index contributed by atoms with van der Waals surface area (Å²) in [6.07, 6.45) is 0. The van der Waals surface area contributed by atoms with E-state index >= 15 is 0 Å². The fraction of sp³-hybridized carbons (Fsp3) is 0.364. The predicted molar refractivity (Wildman–Crippen MR) is 80.6 cm³/mol. The number of aromatic nitrogens is 2. The first-order valence-corrected chi connectivity index (χ1v) is 7.36. The second-order valence-corrected chi connectivity index (χ2v) is 6.26. The third-order valence-electron chi connectivity index (χ3n) is 2.63. The van der Waals surface area contributed by atoms with Gasteiger partial charge in [-0.25, -0.2) is 0 Å². The van der Waals surface area contributed by atoms with Crippen LogP contribution in [0.15, 0.2) is 6.07 Å². The van der Waals surface area contributed by atoms with E-state index in [1.54, 1.807) is 13.8 Å². The minimum absolute atomic E-state index is 0.197. The van der Waals surface area contributed by atoms with Crippen LogP contribution >= 0.6 is 46.5 Å². The largest absolute Gasteiger partial charge is 0.322 e. The van der Waals surface area contributed by atoms with Gasteiger partial charge in [0, 0.05) is 5.88 Å². The van der Waals surface area contributed by atoms with Gasteiger partial charge in [-0.05, 0) is 19.9 Å². The molecule has 0 aliphatic heterocycles. The number of carbonyl (C=O) groups excluding carboxylic acids is 1. The van der Waals surface area contributed by atoms with Crippen molar-refractivity contribution >= 4 is 69.2 Å². The Morgan fingerprint density at radius 1 is 1.32 bits per heavy atom. The molecule has 102 valence electrons. The molecule has 0 aliphatic carbocycles. The van der Waals surface area contributed by atoms with E-state index in [1.165, 1.54) is 6.07 Å². The van der Waals surface area contributed by atoms with Gasteiger partial charge in [0.2, 0.25) is 5.91 Å². The van der Waals surface area contributed by atoms with Crippen LogP contribution in [0, 0.1) is 5.41 Å². The monoisotopic (exact) mass is 337 g/mol. The summed E-state index contributed by atoms with van der Waals surface area (Å²) in [4.78, 5) is 12.1. The minimum Gasteiger partial charge on any atom is -0.322 e. The number of nitrogens with one attached hydrogen (secondary N) is 1. The van der Waals surface area contributed by atoms with Gasteiger partial charge in [0.05, 0.1) is 32.9 Å². The van der Waals surface area contributed by atoms with Crippen LogP contribution in [-0.2, 0) is 4.79 Å². The molecule has 1 N–H and O–H groups in total. The summed E-state index contributed by atoms with van der Waals surface area (Å²) in [7, 11) is 0. The fourth-order valence-electron chi connectivity index (χ4n) is 1.34. The standard InChI is InChI=1S/C11H10Cl3N3OS/c1-11(2,4-12)10(18)15-7-5(13)3-6(14)8-9(7)17-19-16-8/h3H,4H2,1-2H3,(H,15,18). The van der Waals surface area contributed by atoms with Crippen molar-refractivity contribution in [3.63, 3.8) is 0 Å². The zero-order valence-corrected chi connectivity index (χ0v) is 13.2. The van der Waals surface area contributed by atoms with E-state index in [1.807, 2.05) is 0 Å². The molecule has 0 saturated heterocycles. The highest BCUT2D eigenvalue weighted by Crippen LogP contribution is 2.36. The molecule has 0 fully saturated rings. The maximum absolute atomic E-state index is 12.1. The van der Waals surface area contributed by atoms with Gasteiger partial charge < -0.3 is 5.32 Å². The number of hydrogen-bond donors (Lipinski definition) is 1. The van der Waals surface area contributed by atoms with Gasteiger partial charge in [-0.15, -0.1) is 11.6 Å². The molecular weight excluding hydrogens is 329 g/mol. The van der Waals surface area contributed by atoms with E-state index in [0.29, 0.717) is 26.8 Å². The third-order valence-corrected chi connectivity index (χ3v) is 4.41. The van der Waals surface area contributed by atoms with Gasteiger partial charge in [0.15, 0.2) is 0 Å². The molecule has 0 spiro atoms. The van der Waals surface area contributed by atoms with Crippen LogP contribution in [-0.4, -0.2) is 20.5 Å². The van der Waals surface area contributed by atoms with Crippen LogP contribution in [0.1, 0.15) is 13.8 Å². The molecule has 0 radical (unpaired) electrons. The molecule has 8 heteroatoms. The molecule has 0 unspecified atom stereocenters. The normalized spacial score (nSPS) is 11.8. The summed E-state index contributed by atoms with van der Waals surface area (Å²) in [5, 5.41) is 3.48. The first-order chi connectivity index (χ1) is 8.86. The van der Waals surface area contributed by atoms with E-state index in [9.17, 15) is 4.79 Å². The Hall–Kier alpha value is -0.620. The number of anilines is 1. The van der Waals surface area contributed by atoms with Gasteiger partial charge >= 0.3 is 0 Å². The van der Waals surface area contributed by atoms with Crippen LogP contribution < -0.4 is 5.32 Å². The van der Waals surface area contributed by atoms with Gasteiger partial charge in [0.1, 0.15) is 11.0 Å². The smallest absolute Gasteiger partial charge is 0.231 e. The molecule has 0 aliphatic rings. The first-order valence-electron chi connectivity index (χ1n) is 5.34. The fourth-order valence-corrected chi connectivity index (χ4v) is 2.62. The molecule has 0 bridgehead atoms. The molecule has 1 amide bonds. The molecule has 1 aromatic carbocycles. The van der Waals surface area contributed by atoms with Crippen molar-refractivity contribution in [1.29, 1.82) is 0 Å². The molecule has 19 heavy (non-hydrogen) atoms. The summed E-state index contributed by atoms with van der Waals surface area (Å²) in [5.74, 6) is -0.0382. The lowest BCUT2D eigenvalue weighted by atomic mass is 9.95. The Balaban J connectivity index is 2.46. The lowest BCUT2D eigenvalue weighted by Crippen LogP contribution is -2.32. The lowest BCUT2D eigenvalue weighted by molar-refractivity contribution is -0.122. The van der Waals surface area contributed by atoms with Crippen LogP contribution in [0.2, 0.25) is 10.0 Å². The first kappa shape index (κ1) is 14.8. The molecule has 4 nitrogen and oxygen atoms in total. The highest BCUT2D eigenvalue weighted by molar-refractivity contribution is 7.00. The minimum atomic E-state index is -0.708. The molecule has 1 heterocycles. The summed E-state index contributed by atoms with van der Waals surface area (Å²) < 4.78 is 8.19. The van der Waals surface area contributed by atoms with Gasteiger partial charge in [0.25, 0.3) is 0 Å². The molecular formula is C11H10Cl3N3OS. The van der Waals surface area contributed by atoms with Crippen LogP contribution in [0.4, 0.5) is 5.69 Å². The number of halogens is 3. The Bertz CT molecular complexity index is 641. The molecule has 2 rings (SSSR count). The zero-order chi connectivity index (χ0) is 14.2. The Kier molecular flexibility index (Phi) is 4.20. The van der Waals surface area contributed by atoms with Crippen LogP contribution in [0.5, 0.6) is 0 Å². The number of amides is 1. The summed E-state index contributed by atoms with van der Waals surface area (Å²) >= 11 is 18.9. The predicted octanol–water partition coefficient (Wildman–Crippen LogP) is 4.20. The molecule has 2 aromatic rings. The summed E-state index contributed by atoms with van der Waals surface area (Å²) in [5.41, 5.74) is 0.717. The lowest BCUT2D eigenvalue weighted by Gasteiger charge is -2.20. The Morgan fingerprint density at radius 3 is 2.58 bits per heavy atom. The molecule has 0 saturated carbocycles. The second-order valence-electron chi connectivity index (χ2n) is 4.65. The highest BCUT2D eigenvalue weighted by Gasteiger charge is 2.28. The SMILES string of the molecule is CC(C)(CCl)C(=O)Nc1c(Cl)cc(Cl)c2nsnc12. The van der Waals surface area contributed by atoms with Crippen molar-refractivity contribution in [2.24, 2.45) is 5.41 Å².